The van der Waals surface area contributed by atoms with Crippen LogP contribution in [0.5, 0.6) is 0 Å². The van der Waals surface area contributed by atoms with Gasteiger partial charge in [0.05, 0.1) is 0 Å². The Balaban J connectivity index is 0.00000196. The first-order valence-electron chi connectivity index (χ1n) is 5.83. The Bertz CT molecular complexity index is 70.7. The van der Waals surface area contributed by atoms with E-state index < -0.39 is 0 Å². The first-order chi connectivity index (χ1) is 7.00. The molecule has 0 aromatic rings. The van der Waals surface area contributed by atoms with E-state index in [1.54, 1.807) is 0 Å². The maximum Gasteiger partial charge on any atom is 0.00767 e. The number of hydrogen-bond donors (Lipinski definition) is 4. The summed E-state index contributed by atoms with van der Waals surface area (Å²) in [7, 11) is 0. The van der Waals surface area contributed by atoms with Gasteiger partial charge >= 0.3 is 0 Å². The van der Waals surface area contributed by atoms with Crippen molar-refractivity contribution in [2.45, 2.75) is 12.8 Å². The van der Waals surface area contributed by atoms with Crippen LogP contribution in [-0.2, 0) is 0 Å². The third-order valence-corrected chi connectivity index (χ3v) is 2.37. The van der Waals surface area contributed by atoms with Crippen molar-refractivity contribution in [2.75, 3.05) is 52.4 Å². The quantitative estimate of drug-likeness (QED) is 0.456. The molecule has 0 amide bonds. The van der Waals surface area contributed by atoms with Gasteiger partial charge in [-0.1, -0.05) is 0 Å². The van der Waals surface area contributed by atoms with Gasteiger partial charge < -0.3 is 21.3 Å². The van der Waals surface area contributed by atoms with Crippen molar-refractivity contribution in [1.29, 1.82) is 0 Å². The van der Waals surface area contributed by atoms with Crippen LogP contribution in [0.3, 0.4) is 0 Å². The first-order valence-corrected chi connectivity index (χ1v) is 5.83. The molecule has 5 heteroatoms. The van der Waals surface area contributed by atoms with E-state index in [2.05, 4.69) is 21.3 Å². The molecular formula is C10H24GdN4. The minimum atomic E-state index is 0. The van der Waals surface area contributed by atoms with Crippen molar-refractivity contribution in [3.63, 3.8) is 0 Å². The van der Waals surface area contributed by atoms with E-state index >= 15 is 0 Å². The Labute approximate surface area is 125 Å². The first kappa shape index (κ1) is 16.2. The molecule has 1 fully saturated rings. The van der Waals surface area contributed by atoms with Crippen LogP contribution in [0.25, 0.3) is 0 Å². The van der Waals surface area contributed by atoms with Crippen molar-refractivity contribution in [2.24, 2.45) is 0 Å². The number of hydrogen-bond acceptors (Lipinski definition) is 4. The summed E-state index contributed by atoms with van der Waals surface area (Å²) in [5.41, 5.74) is 0. The fourth-order valence-corrected chi connectivity index (χ4v) is 1.53. The van der Waals surface area contributed by atoms with Crippen LogP contribution < -0.4 is 21.3 Å². The Kier molecular flexibility index (Phi) is 14.3. The van der Waals surface area contributed by atoms with E-state index in [1.165, 1.54) is 12.8 Å². The molecule has 1 aliphatic rings. The van der Waals surface area contributed by atoms with Crippen molar-refractivity contribution in [3.8, 4) is 0 Å². The minimum absolute atomic E-state index is 0. The molecule has 1 rings (SSSR count). The van der Waals surface area contributed by atoms with Crippen molar-refractivity contribution in [1.82, 2.24) is 21.3 Å². The predicted molar refractivity (Wildman–Crippen MR) is 60.7 cm³/mol. The monoisotopic (exact) mass is 358 g/mol. The van der Waals surface area contributed by atoms with E-state index in [0.29, 0.717) is 0 Å². The number of rotatable bonds is 0. The molecule has 0 radical (unpaired) electrons. The Hall–Kier alpha value is 1.16. The molecule has 1 heterocycles. The second-order valence-electron chi connectivity index (χ2n) is 3.71. The van der Waals surface area contributed by atoms with Crippen LogP contribution in [0.4, 0.5) is 0 Å². The summed E-state index contributed by atoms with van der Waals surface area (Å²) in [6.45, 7) is 8.87. The van der Waals surface area contributed by atoms with Gasteiger partial charge in [0.25, 0.3) is 0 Å². The van der Waals surface area contributed by atoms with Gasteiger partial charge in [-0.3, -0.25) is 0 Å². The molecule has 0 spiro atoms. The van der Waals surface area contributed by atoms with Crippen LogP contribution in [0, 0.1) is 39.9 Å². The molecule has 1 aliphatic heterocycles. The smallest absolute Gasteiger partial charge is 0.00767 e. The van der Waals surface area contributed by atoms with Gasteiger partial charge in [0, 0.05) is 66.1 Å². The number of nitrogens with one attached hydrogen (secondary N) is 4. The maximum absolute atomic E-state index is 3.42. The second-order valence-corrected chi connectivity index (χ2v) is 3.71. The Morgan fingerprint density at radius 3 is 0.933 bits per heavy atom. The third kappa shape index (κ3) is 11.4. The summed E-state index contributed by atoms with van der Waals surface area (Å²) >= 11 is 0. The molecule has 0 saturated carbocycles. The molecule has 0 aromatic heterocycles. The molecule has 0 bridgehead atoms. The zero-order valence-corrected chi connectivity index (χ0v) is 11.7. The van der Waals surface area contributed by atoms with Gasteiger partial charge in [-0.15, -0.1) is 0 Å². The van der Waals surface area contributed by atoms with Crippen LogP contribution >= 0.6 is 0 Å². The largest absolute Gasteiger partial charge is 0.315 e. The molecule has 0 unspecified atom stereocenters. The average molecular weight is 358 g/mol. The topological polar surface area (TPSA) is 48.1 Å². The molecular weight excluding hydrogens is 333 g/mol. The second kappa shape index (κ2) is 13.2. The normalized spacial score (nSPS) is 22.4. The van der Waals surface area contributed by atoms with Crippen LogP contribution in [0.15, 0.2) is 0 Å². The Morgan fingerprint density at radius 2 is 0.667 bits per heavy atom. The summed E-state index contributed by atoms with van der Waals surface area (Å²) in [5, 5.41) is 13.7. The van der Waals surface area contributed by atoms with Gasteiger partial charge in [-0.2, -0.15) is 0 Å². The Morgan fingerprint density at radius 1 is 0.400 bits per heavy atom. The summed E-state index contributed by atoms with van der Waals surface area (Å²) < 4.78 is 0. The molecule has 0 aliphatic carbocycles. The van der Waals surface area contributed by atoms with Gasteiger partial charge in [-0.05, 0) is 39.0 Å². The maximum atomic E-state index is 3.42. The summed E-state index contributed by atoms with van der Waals surface area (Å²) in [6.07, 6.45) is 2.44. The molecule has 92 valence electrons. The van der Waals surface area contributed by atoms with Gasteiger partial charge in [0.15, 0.2) is 0 Å². The van der Waals surface area contributed by atoms with Crippen molar-refractivity contribution in [3.05, 3.63) is 0 Å². The van der Waals surface area contributed by atoms with E-state index in [1.807, 2.05) is 0 Å². The van der Waals surface area contributed by atoms with Crippen LogP contribution in [0.2, 0.25) is 0 Å². The molecule has 0 atom stereocenters. The predicted octanol–water partition coefficient (Wildman–Crippen LogP) is -0.861. The van der Waals surface area contributed by atoms with Crippen molar-refractivity contribution >= 4 is 0 Å². The molecule has 15 heavy (non-hydrogen) atoms. The zero-order chi connectivity index (χ0) is 9.90. The van der Waals surface area contributed by atoms with E-state index in [-0.39, 0.29) is 39.9 Å². The molecule has 4 nitrogen and oxygen atoms in total. The minimum Gasteiger partial charge on any atom is -0.315 e. The van der Waals surface area contributed by atoms with E-state index in [4.69, 9.17) is 0 Å². The van der Waals surface area contributed by atoms with E-state index in [9.17, 15) is 0 Å². The van der Waals surface area contributed by atoms with Crippen LogP contribution in [0.1, 0.15) is 12.8 Å². The summed E-state index contributed by atoms with van der Waals surface area (Å²) in [6, 6.07) is 0. The SMILES string of the molecule is C1CNCCNCCCNCCNC1.[Gd]. The fourth-order valence-electron chi connectivity index (χ4n) is 1.53. The zero-order valence-electron chi connectivity index (χ0n) is 9.42. The standard InChI is InChI=1S/C10H24N4.Gd/c1-3-11-7-9-13-5-2-6-14-10-8-12-4-1;/h11-14H,1-10H2;. The van der Waals surface area contributed by atoms with Crippen LogP contribution in [-0.4, -0.2) is 52.4 Å². The molecule has 1 saturated heterocycles. The van der Waals surface area contributed by atoms with Crippen molar-refractivity contribution < 1.29 is 39.9 Å². The fraction of sp³-hybridized carbons (Fsp3) is 1.00. The van der Waals surface area contributed by atoms with Gasteiger partial charge in [0.1, 0.15) is 0 Å². The van der Waals surface area contributed by atoms with Gasteiger partial charge in [0.2, 0.25) is 0 Å². The average Bonchev–Trinajstić information content (AvgIpc) is 2.22. The third-order valence-electron chi connectivity index (χ3n) is 2.37. The van der Waals surface area contributed by atoms with E-state index in [0.717, 1.165) is 52.4 Å². The summed E-state index contributed by atoms with van der Waals surface area (Å²) in [5.74, 6) is 0. The molecule has 4 N–H and O–H groups in total. The molecule has 0 aromatic carbocycles. The van der Waals surface area contributed by atoms with Gasteiger partial charge in [-0.25, -0.2) is 0 Å². The summed E-state index contributed by atoms with van der Waals surface area (Å²) in [4.78, 5) is 0.